The lowest BCUT2D eigenvalue weighted by molar-refractivity contribution is 0.0664. The van der Waals surface area contributed by atoms with Gasteiger partial charge < -0.3 is 24.8 Å². The van der Waals surface area contributed by atoms with Crippen LogP contribution in [0.3, 0.4) is 0 Å². The summed E-state index contributed by atoms with van der Waals surface area (Å²) in [4.78, 5) is 45.3. The lowest BCUT2D eigenvalue weighted by Crippen LogP contribution is -2.47. The fraction of sp³-hybridized carbons (Fsp3) is 0.304. The van der Waals surface area contributed by atoms with Crippen LogP contribution in [0, 0.1) is 4.77 Å². The Kier molecular flexibility index (Phi) is 6.30. The van der Waals surface area contributed by atoms with Gasteiger partial charge in [-0.2, -0.15) is 0 Å². The number of carbonyl (C=O) groups is 2. The molecule has 1 aromatic heterocycles. The number of benzene rings is 2. The number of hydrogen-bond donors (Lipinski definition) is 2. The lowest BCUT2D eigenvalue weighted by Gasteiger charge is -2.32. The third-order valence-electron chi connectivity index (χ3n) is 5.85. The van der Waals surface area contributed by atoms with E-state index in [0.717, 1.165) is 13.1 Å². The number of likely N-dealkylation sites (N-methyl/N-ethyl adjacent to an activating group) is 1. The molecule has 1 saturated heterocycles. The maximum absolute atomic E-state index is 13.0. The van der Waals surface area contributed by atoms with Crippen molar-refractivity contribution in [1.82, 2.24) is 19.4 Å². The van der Waals surface area contributed by atoms with Crippen LogP contribution in [0.2, 0.25) is 0 Å². The molecule has 172 valence electrons. The molecule has 2 heterocycles. The molecule has 0 unspecified atom stereocenters. The van der Waals surface area contributed by atoms with Crippen LogP contribution >= 0.6 is 12.2 Å². The van der Waals surface area contributed by atoms with Crippen LogP contribution in [0.25, 0.3) is 10.9 Å². The molecular formula is C23H25N5O4S. The van der Waals surface area contributed by atoms with Crippen molar-refractivity contribution in [3.63, 3.8) is 0 Å². The molecule has 0 saturated carbocycles. The number of aromatic amines is 1. The molecule has 33 heavy (non-hydrogen) atoms. The van der Waals surface area contributed by atoms with E-state index < -0.39 is 5.91 Å². The predicted molar refractivity (Wildman–Crippen MR) is 129 cm³/mol. The third kappa shape index (κ3) is 4.53. The Balaban J connectivity index is 1.61. The zero-order chi connectivity index (χ0) is 23.7. The molecule has 4 rings (SSSR count). The van der Waals surface area contributed by atoms with Crippen molar-refractivity contribution in [2.45, 2.75) is 0 Å². The second-order valence-corrected chi connectivity index (χ2v) is 8.41. The van der Waals surface area contributed by atoms with Crippen molar-refractivity contribution in [2.75, 3.05) is 45.7 Å². The Morgan fingerprint density at radius 2 is 1.73 bits per heavy atom. The molecule has 0 atom stereocenters. The molecule has 2 N–H and O–H groups in total. The van der Waals surface area contributed by atoms with Gasteiger partial charge in [0.1, 0.15) is 5.75 Å². The number of anilines is 1. The minimum Gasteiger partial charge on any atom is -0.495 e. The number of amides is 2. The topological polar surface area (TPSA) is 99.7 Å². The predicted octanol–water partition coefficient (Wildman–Crippen LogP) is 2.24. The van der Waals surface area contributed by atoms with Gasteiger partial charge in [0.15, 0.2) is 4.77 Å². The van der Waals surface area contributed by atoms with Crippen molar-refractivity contribution < 1.29 is 14.3 Å². The molecule has 1 aliphatic heterocycles. The molecule has 1 fully saturated rings. The number of nitrogens with one attached hydrogen (secondary N) is 2. The fourth-order valence-corrected chi connectivity index (χ4v) is 3.97. The van der Waals surface area contributed by atoms with Crippen LogP contribution in [-0.2, 0) is 7.05 Å². The number of fused-ring (bicyclic) bond motifs is 1. The van der Waals surface area contributed by atoms with E-state index >= 15 is 0 Å². The molecular weight excluding hydrogens is 442 g/mol. The van der Waals surface area contributed by atoms with Crippen LogP contribution in [0.1, 0.15) is 20.7 Å². The Hall–Kier alpha value is -3.50. The van der Waals surface area contributed by atoms with E-state index in [2.05, 4.69) is 15.2 Å². The van der Waals surface area contributed by atoms with Crippen molar-refractivity contribution in [3.8, 4) is 5.75 Å². The highest BCUT2D eigenvalue weighted by atomic mass is 32.1. The Morgan fingerprint density at radius 3 is 2.42 bits per heavy atom. The molecule has 0 spiro atoms. The highest BCUT2D eigenvalue weighted by Crippen LogP contribution is 2.27. The van der Waals surface area contributed by atoms with Crippen LogP contribution < -0.4 is 15.6 Å². The molecule has 0 bridgehead atoms. The van der Waals surface area contributed by atoms with E-state index in [1.54, 1.807) is 48.3 Å². The number of ether oxygens (including phenoxy) is 1. The first-order valence-electron chi connectivity index (χ1n) is 10.5. The number of carbonyl (C=O) groups excluding carboxylic acids is 2. The molecule has 1 aliphatic rings. The Morgan fingerprint density at radius 1 is 1.03 bits per heavy atom. The third-order valence-corrected chi connectivity index (χ3v) is 6.22. The number of piperazine rings is 1. The van der Waals surface area contributed by atoms with Gasteiger partial charge in [0, 0.05) is 44.4 Å². The quantitative estimate of drug-likeness (QED) is 0.571. The van der Waals surface area contributed by atoms with Crippen LogP contribution in [-0.4, -0.2) is 71.5 Å². The standard InChI is InChI=1S/C23H25N5O4S/c1-26-8-10-28(11-9-26)21(30)15-5-7-19(32-3)18(13-15)24-20(29)14-4-6-16-17(12-14)25-23(33)27(2)22(16)31/h4-7,12-13H,8-11H2,1-3H3,(H,24,29)(H,25,33). The highest BCUT2D eigenvalue weighted by molar-refractivity contribution is 7.71. The van der Waals surface area contributed by atoms with Gasteiger partial charge in [0.05, 0.1) is 23.7 Å². The number of rotatable bonds is 4. The van der Waals surface area contributed by atoms with Crippen LogP contribution in [0.15, 0.2) is 41.2 Å². The van der Waals surface area contributed by atoms with E-state index in [4.69, 9.17) is 17.0 Å². The van der Waals surface area contributed by atoms with E-state index in [1.165, 1.54) is 11.7 Å². The number of hydrogen-bond acceptors (Lipinski definition) is 6. The summed E-state index contributed by atoms with van der Waals surface area (Å²) < 4.78 is 6.98. The summed E-state index contributed by atoms with van der Waals surface area (Å²) in [6.07, 6.45) is 0. The maximum Gasteiger partial charge on any atom is 0.261 e. The van der Waals surface area contributed by atoms with Gasteiger partial charge in [-0.15, -0.1) is 0 Å². The van der Waals surface area contributed by atoms with E-state index in [-0.39, 0.29) is 16.2 Å². The largest absolute Gasteiger partial charge is 0.495 e. The Labute approximate surface area is 195 Å². The lowest BCUT2D eigenvalue weighted by atomic mass is 10.1. The SMILES string of the molecule is COc1ccc(C(=O)N2CCN(C)CC2)cc1NC(=O)c1ccc2c(=O)n(C)c(=S)[nH]c2c1. The monoisotopic (exact) mass is 467 g/mol. The molecule has 0 aliphatic carbocycles. The number of aromatic nitrogens is 2. The zero-order valence-corrected chi connectivity index (χ0v) is 19.5. The molecule has 9 nitrogen and oxygen atoms in total. The maximum atomic E-state index is 13.0. The Bertz CT molecular complexity index is 1360. The highest BCUT2D eigenvalue weighted by Gasteiger charge is 2.22. The first-order chi connectivity index (χ1) is 15.8. The van der Waals surface area contributed by atoms with Gasteiger partial charge in [0.25, 0.3) is 17.4 Å². The smallest absolute Gasteiger partial charge is 0.261 e. The number of nitrogens with zero attached hydrogens (tertiary/aromatic N) is 3. The molecule has 0 radical (unpaired) electrons. The van der Waals surface area contributed by atoms with E-state index in [1.807, 2.05) is 7.05 Å². The molecule has 2 amide bonds. The summed E-state index contributed by atoms with van der Waals surface area (Å²) >= 11 is 5.17. The summed E-state index contributed by atoms with van der Waals surface area (Å²) in [6.45, 7) is 2.95. The minimum atomic E-state index is -0.403. The average Bonchev–Trinajstić information content (AvgIpc) is 2.82. The van der Waals surface area contributed by atoms with Gasteiger partial charge in [0.2, 0.25) is 0 Å². The van der Waals surface area contributed by atoms with Crippen LogP contribution in [0.4, 0.5) is 5.69 Å². The van der Waals surface area contributed by atoms with Crippen molar-refractivity contribution in [3.05, 3.63) is 62.6 Å². The van der Waals surface area contributed by atoms with Gasteiger partial charge in [-0.3, -0.25) is 19.0 Å². The summed E-state index contributed by atoms with van der Waals surface area (Å²) in [6, 6.07) is 9.72. The minimum absolute atomic E-state index is 0.0876. The van der Waals surface area contributed by atoms with Crippen molar-refractivity contribution >= 4 is 40.6 Å². The number of methoxy groups -OCH3 is 1. The van der Waals surface area contributed by atoms with E-state index in [9.17, 15) is 14.4 Å². The fourth-order valence-electron chi connectivity index (χ4n) is 3.77. The normalized spacial score (nSPS) is 14.3. The first-order valence-corrected chi connectivity index (χ1v) is 10.9. The summed E-state index contributed by atoms with van der Waals surface area (Å²) in [5.41, 5.74) is 1.43. The zero-order valence-electron chi connectivity index (χ0n) is 18.7. The average molecular weight is 468 g/mol. The second kappa shape index (κ2) is 9.16. The van der Waals surface area contributed by atoms with Gasteiger partial charge in [-0.1, -0.05) is 0 Å². The van der Waals surface area contributed by atoms with Gasteiger partial charge >= 0.3 is 0 Å². The second-order valence-electron chi connectivity index (χ2n) is 8.02. The summed E-state index contributed by atoms with van der Waals surface area (Å²) in [5.74, 6) is -0.0536. The molecule has 2 aromatic carbocycles. The van der Waals surface area contributed by atoms with Crippen molar-refractivity contribution in [1.29, 1.82) is 0 Å². The van der Waals surface area contributed by atoms with Crippen molar-refractivity contribution in [2.24, 2.45) is 7.05 Å². The molecule has 3 aromatic rings. The summed E-state index contributed by atoms with van der Waals surface area (Å²) in [5, 5.41) is 3.25. The van der Waals surface area contributed by atoms with Gasteiger partial charge in [-0.25, -0.2) is 0 Å². The molecule has 10 heteroatoms. The van der Waals surface area contributed by atoms with E-state index in [0.29, 0.717) is 46.6 Å². The number of H-pyrrole nitrogens is 1. The van der Waals surface area contributed by atoms with Gasteiger partial charge in [-0.05, 0) is 55.7 Å². The summed E-state index contributed by atoms with van der Waals surface area (Å²) in [7, 11) is 5.11. The van der Waals surface area contributed by atoms with Crippen LogP contribution in [0.5, 0.6) is 5.75 Å². The first kappa shape index (κ1) is 22.7.